The normalized spacial score (nSPS) is 14.8. The second kappa shape index (κ2) is 9.69. The molecule has 4 amide bonds. The van der Waals surface area contributed by atoms with E-state index in [1.54, 1.807) is 0 Å². The monoisotopic (exact) mass is 441 g/mol. The van der Waals surface area contributed by atoms with Gasteiger partial charge in [0.15, 0.2) is 0 Å². The van der Waals surface area contributed by atoms with Crippen molar-refractivity contribution in [3.8, 4) is 0 Å². The first-order chi connectivity index (χ1) is 15.9. The van der Waals surface area contributed by atoms with E-state index in [-0.39, 0.29) is 18.4 Å². The van der Waals surface area contributed by atoms with Crippen LogP contribution in [0.15, 0.2) is 84.9 Å². The number of nitrogens with zero attached hydrogens (tertiary/aromatic N) is 1. The Balaban J connectivity index is 1.50. The highest BCUT2D eigenvalue weighted by molar-refractivity contribution is 6.09. The third-order valence-electron chi connectivity index (χ3n) is 5.86. The van der Waals surface area contributed by atoms with E-state index in [1.807, 2.05) is 91.9 Å². The lowest BCUT2D eigenvalue weighted by Crippen LogP contribution is -2.51. The summed E-state index contributed by atoms with van der Waals surface area (Å²) in [6.45, 7) is 2.01. The van der Waals surface area contributed by atoms with E-state index in [2.05, 4.69) is 10.6 Å². The summed E-state index contributed by atoms with van der Waals surface area (Å²) in [5.41, 5.74) is 2.82. The van der Waals surface area contributed by atoms with Crippen molar-refractivity contribution < 1.29 is 14.4 Å². The number of carbonyl (C=O) groups excluding carboxylic acids is 3. The van der Waals surface area contributed by atoms with Gasteiger partial charge in [0.25, 0.3) is 5.91 Å². The van der Waals surface area contributed by atoms with Gasteiger partial charge < -0.3 is 10.6 Å². The molecule has 0 radical (unpaired) electrons. The number of nitrogens with one attached hydrogen (secondary N) is 2. The Morgan fingerprint density at radius 3 is 1.91 bits per heavy atom. The SMILES string of the molecule is Cc1ccc(CNC(=O)CN2C(=O)NC(Cc3ccccc3)(Cc3ccccc3)C2=O)cc1. The van der Waals surface area contributed by atoms with Crippen molar-refractivity contribution in [2.24, 2.45) is 0 Å². The van der Waals surface area contributed by atoms with E-state index in [0.717, 1.165) is 27.2 Å². The largest absolute Gasteiger partial charge is 0.350 e. The minimum Gasteiger partial charge on any atom is -0.350 e. The van der Waals surface area contributed by atoms with Crippen molar-refractivity contribution in [2.45, 2.75) is 31.8 Å². The van der Waals surface area contributed by atoms with Crippen LogP contribution in [-0.4, -0.2) is 34.8 Å². The van der Waals surface area contributed by atoms with Gasteiger partial charge >= 0.3 is 6.03 Å². The summed E-state index contributed by atoms with van der Waals surface area (Å²) in [6, 6.07) is 26.5. The predicted molar refractivity (Wildman–Crippen MR) is 126 cm³/mol. The van der Waals surface area contributed by atoms with Gasteiger partial charge in [0.05, 0.1) is 0 Å². The highest BCUT2D eigenvalue weighted by atomic mass is 16.2. The molecule has 0 atom stereocenters. The lowest BCUT2D eigenvalue weighted by Gasteiger charge is -2.27. The van der Waals surface area contributed by atoms with Crippen LogP contribution in [-0.2, 0) is 29.0 Å². The second-order valence-electron chi connectivity index (χ2n) is 8.49. The summed E-state index contributed by atoms with van der Waals surface area (Å²) in [6.07, 6.45) is 0.684. The number of aryl methyl sites for hydroxylation is 1. The molecule has 1 fully saturated rings. The standard InChI is InChI=1S/C27H27N3O3/c1-20-12-14-23(15-13-20)18-28-24(31)19-30-25(32)27(29-26(30)33,16-21-8-4-2-5-9-21)17-22-10-6-3-7-11-22/h2-15H,16-19H2,1H3,(H,28,31)(H,29,33). The molecule has 4 rings (SSSR count). The first kappa shape index (κ1) is 22.3. The number of amides is 4. The summed E-state index contributed by atoms with van der Waals surface area (Å²) in [5, 5.41) is 5.71. The molecule has 1 aliphatic heterocycles. The van der Waals surface area contributed by atoms with Crippen molar-refractivity contribution in [1.29, 1.82) is 0 Å². The molecule has 168 valence electrons. The third kappa shape index (κ3) is 5.29. The maximum absolute atomic E-state index is 13.6. The zero-order chi connectivity index (χ0) is 23.3. The van der Waals surface area contributed by atoms with Crippen LogP contribution in [0.25, 0.3) is 0 Å². The van der Waals surface area contributed by atoms with Gasteiger partial charge in [0.1, 0.15) is 12.1 Å². The van der Waals surface area contributed by atoms with Crippen LogP contribution in [0.1, 0.15) is 22.3 Å². The minimum atomic E-state index is -1.14. The smallest absolute Gasteiger partial charge is 0.325 e. The van der Waals surface area contributed by atoms with Gasteiger partial charge in [-0.1, -0.05) is 90.5 Å². The molecule has 33 heavy (non-hydrogen) atoms. The van der Waals surface area contributed by atoms with Crippen molar-refractivity contribution >= 4 is 17.8 Å². The first-order valence-electron chi connectivity index (χ1n) is 11.0. The molecule has 3 aromatic rings. The number of benzene rings is 3. The molecule has 6 nitrogen and oxygen atoms in total. The highest BCUT2D eigenvalue weighted by Crippen LogP contribution is 2.27. The Labute approximate surface area is 193 Å². The Morgan fingerprint density at radius 2 is 1.36 bits per heavy atom. The molecule has 0 unspecified atom stereocenters. The Bertz CT molecular complexity index is 1090. The van der Waals surface area contributed by atoms with E-state index in [9.17, 15) is 14.4 Å². The number of imide groups is 1. The Morgan fingerprint density at radius 1 is 0.818 bits per heavy atom. The average Bonchev–Trinajstić information content (AvgIpc) is 3.04. The fourth-order valence-electron chi connectivity index (χ4n) is 4.12. The van der Waals surface area contributed by atoms with E-state index in [4.69, 9.17) is 0 Å². The van der Waals surface area contributed by atoms with E-state index in [1.165, 1.54) is 0 Å². The average molecular weight is 442 g/mol. The molecule has 1 heterocycles. The van der Waals surface area contributed by atoms with Crippen LogP contribution >= 0.6 is 0 Å². The van der Waals surface area contributed by atoms with Crippen LogP contribution in [0.3, 0.4) is 0 Å². The first-order valence-corrected chi connectivity index (χ1v) is 11.0. The maximum Gasteiger partial charge on any atom is 0.325 e. The number of hydrogen-bond donors (Lipinski definition) is 2. The Hall–Kier alpha value is -3.93. The minimum absolute atomic E-state index is 0.318. The molecule has 0 spiro atoms. The lowest BCUT2D eigenvalue weighted by atomic mass is 9.84. The molecular formula is C27H27N3O3. The molecule has 0 aliphatic carbocycles. The Kier molecular flexibility index (Phi) is 6.54. The van der Waals surface area contributed by atoms with Gasteiger partial charge in [0, 0.05) is 19.4 Å². The summed E-state index contributed by atoms with van der Waals surface area (Å²) in [7, 11) is 0. The molecule has 1 saturated heterocycles. The second-order valence-corrected chi connectivity index (χ2v) is 8.49. The summed E-state index contributed by atoms with van der Waals surface area (Å²) in [5.74, 6) is -0.764. The summed E-state index contributed by atoms with van der Waals surface area (Å²) in [4.78, 5) is 40.0. The van der Waals surface area contributed by atoms with Gasteiger partial charge in [-0.3, -0.25) is 14.5 Å². The highest BCUT2D eigenvalue weighted by Gasteiger charge is 2.51. The van der Waals surface area contributed by atoms with Gasteiger partial charge in [-0.15, -0.1) is 0 Å². The van der Waals surface area contributed by atoms with E-state index >= 15 is 0 Å². The molecule has 0 bridgehead atoms. The van der Waals surface area contributed by atoms with Gasteiger partial charge in [-0.2, -0.15) is 0 Å². The van der Waals surface area contributed by atoms with E-state index < -0.39 is 11.6 Å². The summed E-state index contributed by atoms with van der Waals surface area (Å²) >= 11 is 0. The quantitative estimate of drug-likeness (QED) is 0.526. The van der Waals surface area contributed by atoms with Gasteiger partial charge in [0.2, 0.25) is 5.91 Å². The van der Waals surface area contributed by atoms with Crippen LogP contribution in [0.4, 0.5) is 4.79 Å². The van der Waals surface area contributed by atoms with Crippen LogP contribution in [0.2, 0.25) is 0 Å². The van der Waals surface area contributed by atoms with Crippen LogP contribution < -0.4 is 10.6 Å². The molecule has 2 N–H and O–H groups in total. The van der Waals surface area contributed by atoms with Crippen molar-refractivity contribution in [2.75, 3.05) is 6.54 Å². The zero-order valence-corrected chi connectivity index (χ0v) is 18.6. The van der Waals surface area contributed by atoms with Crippen LogP contribution in [0.5, 0.6) is 0 Å². The lowest BCUT2D eigenvalue weighted by molar-refractivity contribution is -0.135. The van der Waals surface area contributed by atoms with Crippen molar-refractivity contribution in [3.63, 3.8) is 0 Å². The number of rotatable bonds is 8. The molecular weight excluding hydrogens is 414 g/mol. The fraction of sp³-hybridized carbons (Fsp3) is 0.222. The number of hydrogen-bond acceptors (Lipinski definition) is 3. The molecule has 1 aliphatic rings. The summed E-state index contributed by atoms with van der Waals surface area (Å²) < 4.78 is 0. The van der Waals surface area contributed by atoms with Gasteiger partial charge in [-0.05, 0) is 23.6 Å². The molecule has 3 aromatic carbocycles. The molecule has 0 aromatic heterocycles. The molecule has 0 saturated carbocycles. The maximum atomic E-state index is 13.6. The van der Waals surface area contributed by atoms with Crippen molar-refractivity contribution in [3.05, 3.63) is 107 Å². The molecule has 6 heteroatoms. The predicted octanol–water partition coefficient (Wildman–Crippen LogP) is 3.39. The topological polar surface area (TPSA) is 78.5 Å². The number of urea groups is 1. The zero-order valence-electron chi connectivity index (χ0n) is 18.6. The number of carbonyl (C=O) groups is 3. The van der Waals surface area contributed by atoms with E-state index in [0.29, 0.717) is 19.4 Å². The third-order valence-corrected chi connectivity index (χ3v) is 5.86. The van der Waals surface area contributed by atoms with Crippen LogP contribution in [0, 0.1) is 6.92 Å². The fourth-order valence-corrected chi connectivity index (χ4v) is 4.12. The van der Waals surface area contributed by atoms with Gasteiger partial charge in [-0.25, -0.2) is 4.79 Å². The van der Waals surface area contributed by atoms with Crippen molar-refractivity contribution in [1.82, 2.24) is 15.5 Å².